The van der Waals surface area contributed by atoms with Crippen molar-refractivity contribution in [1.82, 2.24) is 4.90 Å². The van der Waals surface area contributed by atoms with E-state index in [9.17, 15) is 4.79 Å². The summed E-state index contributed by atoms with van der Waals surface area (Å²) in [7, 11) is 0. The summed E-state index contributed by atoms with van der Waals surface area (Å²) in [5.41, 5.74) is 0. The standard InChI is InChI=1S/C11H18N2O/c1-2-3-9-13-10(5-4-8-12)6-7-11(13)14/h10H,2-7,9H2,1H3/t10-/m1/s1. The molecule has 1 aliphatic heterocycles. The Morgan fingerprint density at radius 3 is 3.07 bits per heavy atom. The van der Waals surface area contributed by atoms with E-state index in [4.69, 9.17) is 5.26 Å². The van der Waals surface area contributed by atoms with Crippen molar-refractivity contribution >= 4 is 5.91 Å². The van der Waals surface area contributed by atoms with E-state index in [1.807, 2.05) is 4.90 Å². The average molecular weight is 194 g/mol. The number of carbonyl (C=O) groups excluding carboxylic acids is 1. The smallest absolute Gasteiger partial charge is 0.222 e. The van der Waals surface area contributed by atoms with Crippen LogP contribution in [0.3, 0.4) is 0 Å². The summed E-state index contributed by atoms with van der Waals surface area (Å²) in [6.45, 7) is 3.01. The van der Waals surface area contributed by atoms with Gasteiger partial charge in [-0.2, -0.15) is 5.26 Å². The molecule has 0 aromatic carbocycles. The lowest BCUT2D eigenvalue weighted by Gasteiger charge is -2.23. The van der Waals surface area contributed by atoms with Crippen molar-refractivity contribution < 1.29 is 4.79 Å². The number of amides is 1. The SMILES string of the molecule is CCCCN1C(=O)CC[C@H]1CCC#N. The molecular weight excluding hydrogens is 176 g/mol. The summed E-state index contributed by atoms with van der Waals surface area (Å²) >= 11 is 0. The van der Waals surface area contributed by atoms with Gasteiger partial charge in [0.25, 0.3) is 0 Å². The first-order valence-corrected chi connectivity index (χ1v) is 5.46. The van der Waals surface area contributed by atoms with Crippen LogP contribution in [0, 0.1) is 11.3 Å². The molecule has 14 heavy (non-hydrogen) atoms. The Kier molecular flexibility index (Phi) is 4.45. The first-order chi connectivity index (χ1) is 6.79. The van der Waals surface area contributed by atoms with Gasteiger partial charge in [0.2, 0.25) is 5.91 Å². The molecule has 1 rings (SSSR count). The Balaban J connectivity index is 2.41. The van der Waals surface area contributed by atoms with Gasteiger partial charge in [-0.1, -0.05) is 13.3 Å². The molecule has 0 bridgehead atoms. The van der Waals surface area contributed by atoms with Crippen molar-refractivity contribution in [2.45, 2.75) is 51.5 Å². The van der Waals surface area contributed by atoms with Crippen molar-refractivity contribution in [3.8, 4) is 6.07 Å². The third-order valence-corrected chi connectivity index (χ3v) is 2.79. The maximum Gasteiger partial charge on any atom is 0.222 e. The lowest BCUT2D eigenvalue weighted by Crippen LogP contribution is -2.33. The Morgan fingerprint density at radius 1 is 1.64 bits per heavy atom. The molecule has 1 heterocycles. The Bertz CT molecular complexity index is 232. The molecular formula is C11H18N2O. The normalized spacial score (nSPS) is 21.3. The number of carbonyl (C=O) groups is 1. The highest BCUT2D eigenvalue weighted by Crippen LogP contribution is 2.22. The highest BCUT2D eigenvalue weighted by atomic mass is 16.2. The van der Waals surface area contributed by atoms with Crippen molar-refractivity contribution in [3.63, 3.8) is 0 Å². The van der Waals surface area contributed by atoms with Crippen LogP contribution in [0.2, 0.25) is 0 Å². The van der Waals surface area contributed by atoms with Gasteiger partial charge in [-0.15, -0.1) is 0 Å². The van der Waals surface area contributed by atoms with Crippen LogP contribution in [0.25, 0.3) is 0 Å². The minimum atomic E-state index is 0.279. The maximum atomic E-state index is 11.5. The molecule has 0 unspecified atom stereocenters. The van der Waals surface area contributed by atoms with Crippen LogP contribution < -0.4 is 0 Å². The topological polar surface area (TPSA) is 44.1 Å². The van der Waals surface area contributed by atoms with Crippen molar-refractivity contribution in [1.29, 1.82) is 5.26 Å². The summed E-state index contributed by atoms with van der Waals surface area (Å²) in [6.07, 6.45) is 5.25. The molecule has 0 aliphatic carbocycles. The highest BCUT2D eigenvalue weighted by molar-refractivity contribution is 5.78. The number of hydrogen-bond acceptors (Lipinski definition) is 2. The first kappa shape index (κ1) is 11.0. The summed E-state index contributed by atoms with van der Waals surface area (Å²) in [6, 6.07) is 2.49. The van der Waals surface area contributed by atoms with Gasteiger partial charge in [0.05, 0.1) is 6.07 Å². The first-order valence-electron chi connectivity index (χ1n) is 5.46. The molecule has 3 nitrogen and oxygen atoms in total. The van der Waals surface area contributed by atoms with E-state index in [1.54, 1.807) is 0 Å². The average Bonchev–Trinajstić information content (AvgIpc) is 2.53. The van der Waals surface area contributed by atoms with E-state index in [-0.39, 0.29) is 5.91 Å². The lowest BCUT2D eigenvalue weighted by atomic mass is 10.1. The van der Waals surface area contributed by atoms with Crippen LogP contribution in [0.15, 0.2) is 0 Å². The molecule has 1 saturated heterocycles. The van der Waals surface area contributed by atoms with Gasteiger partial charge in [0.1, 0.15) is 0 Å². The van der Waals surface area contributed by atoms with Crippen LogP contribution >= 0.6 is 0 Å². The fourth-order valence-electron chi connectivity index (χ4n) is 1.96. The summed E-state index contributed by atoms with van der Waals surface area (Å²) in [5.74, 6) is 0.279. The van der Waals surface area contributed by atoms with Crippen LogP contribution in [0.4, 0.5) is 0 Å². The summed E-state index contributed by atoms with van der Waals surface area (Å²) < 4.78 is 0. The molecule has 0 aromatic rings. The molecule has 1 amide bonds. The number of likely N-dealkylation sites (tertiary alicyclic amines) is 1. The predicted molar refractivity (Wildman–Crippen MR) is 54.5 cm³/mol. The molecule has 0 aromatic heterocycles. The van der Waals surface area contributed by atoms with E-state index in [1.165, 1.54) is 0 Å². The molecule has 0 radical (unpaired) electrons. The Morgan fingerprint density at radius 2 is 2.43 bits per heavy atom. The van der Waals surface area contributed by atoms with Crippen LogP contribution in [-0.4, -0.2) is 23.4 Å². The summed E-state index contributed by atoms with van der Waals surface area (Å²) in [4.78, 5) is 13.5. The third kappa shape index (κ3) is 2.73. The molecule has 0 N–H and O–H groups in total. The van der Waals surface area contributed by atoms with Crippen LogP contribution in [0.5, 0.6) is 0 Å². The molecule has 1 fully saturated rings. The second kappa shape index (κ2) is 5.64. The second-order valence-electron chi connectivity index (χ2n) is 3.83. The number of unbranched alkanes of at least 4 members (excludes halogenated alkanes) is 1. The molecule has 0 spiro atoms. The molecule has 3 heteroatoms. The van der Waals surface area contributed by atoms with E-state index >= 15 is 0 Å². The Labute approximate surface area is 85.7 Å². The minimum absolute atomic E-state index is 0.279. The molecule has 0 saturated carbocycles. The number of rotatable bonds is 5. The number of nitriles is 1. The van der Waals surface area contributed by atoms with Crippen LogP contribution in [0.1, 0.15) is 45.4 Å². The third-order valence-electron chi connectivity index (χ3n) is 2.79. The molecule has 1 atom stereocenters. The van der Waals surface area contributed by atoms with Crippen LogP contribution in [-0.2, 0) is 4.79 Å². The van der Waals surface area contributed by atoms with E-state index < -0.39 is 0 Å². The zero-order valence-corrected chi connectivity index (χ0v) is 8.83. The molecule has 78 valence electrons. The highest BCUT2D eigenvalue weighted by Gasteiger charge is 2.29. The minimum Gasteiger partial charge on any atom is -0.340 e. The second-order valence-corrected chi connectivity index (χ2v) is 3.83. The van der Waals surface area contributed by atoms with E-state index in [2.05, 4.69) is 13.0 Å². The largest absolute Gasteiger partial charge is 0.340 e. The predicted octanol–water partition coefficient (Wildman–Crippen LogP) is 2.08. The fraction of sp³-hybridized carbons (Fsp3) is 0.818. The van der Waals surface area contributed by atoms with Crippen molar-refractivity contribution in [2.75, 3.05) is 6.54 Å². The maximum absolute atomic E-state index is 11.5. The number of nitrogens with zero attached hydrogens (tertiary/aromatic N) is 2. The summed E-state index contributed by atoms with van der Waals surface area (Å²) in [5, 5.41) is 8.50. The lowest BCUT2D eigenvalue weighted by molar-refractivity contribution is -0.129. The van der Waals surface area contributed by atoms with Gasteiger partial charge in [0, 0.05) is 25.4 Å². The van der Waals surface area contributed by atoms with Crippen molar-refractivity contribution in [2.24, 2.45) is 0 Å². The monoisotopic (exact) mass is 194 g/mol. The van der Waals surface area contributed by atoms with E-state index in [0.29, 0.717) is 18.9 Å². The van der Waals surface area contributed by atoms with E-state index in [0.717, 1.165) is 32.2 Å². The van der Waals surface area contributed by atoms with Gasteiger partial charge in [0.15, 0.2) is 0 Å². The fourth-order valence-corrected chi connectivity index (χ4v) is 1.96. The van der Waals surface area contributed by atoms with Gasteiger partial charge in [-0.05, 0) is 19.3 Å². The zero-order chi connectivity index (χ0) is 10.4. The number of hydrogen-bond donors (Lipinski definition) is 0. The van der Waals surface area contributed by atoms with Gasteiger partial charge < -0.3 is 4.90 Å². The molecule has 1 aliphatic rings. The van der Waals surface area contributed by atoms with Gasteiger partial charge in [-0.3, -0.25) is 4.79 Å². The quantitative estimate of drug-likeness (QED) is 0.672. The van der Waals surface area contributed by atoms with Crippen molar-refractivity contribution in [3.05, 3.63) is 0 Å². The van der Waals surface area contributed by atoms with Gasteiger partial charge >= 0.3 is 0 Å². The Hall–Kier alpha value is -1.04. The zero-order valence-electron chi connectivity index (χ0n) is 8.83. The van der Waals surface area contributed by atoms with Gasteiger partial charge in [-0.25, -0.2) is 0 Å².